The van der Waals surface area contributed by atoms with E-state index < -0.39 is 17.3 Å². The van der Waals surface area contributed by atoms with Crippen LogP contribution in [0.25, 0.3) is 5.69 Å². The Morgan fingerprint density at radius 3 is 2.65 bits per heavy atom. The van der Waals surface area contributed by atoms with Crippen LogP contribution in [-0.2, 0) is 6.18 Å². The standard InChI is InChI=1S/C24H23F3N8O2/c1-13-20(23(37)35(32-13)17-8-3-7-16(12-17)24(25,26)27)29-28-19-10-4-9-18(21(19)36)14-5-2-6-15(11-14)22-30-33-34-31-22/h3-4,7-10,12,14-15,32,36H,2,5-6,11H2,1H3,(H,30,31,33,34). The highest BCUT2D eigenvalue weighted by Gasteiger charge is 2.31. The second-order valence-corrected chi connectivity index (χ2v) is 9.02. The molecule has 37 heavy (non-hydrogen) atoms. The first-order chi connectivity index (χ1) is 17.7. The van der Waals surface area contributed by atoms with E-state index in [9.17, 15) is 23.1 Å². The number of phenolic OH excluding ortho intramolecular Hbond substituents is 1. The summed E-state index contributed by atoms with van der Waals surface area (Å²) in [6.07, 6.45) is -1.06. The molecule has 2 aromatic carbocycles. The van der Waals surface area contributed by atoms with E-state index in [2.05, 4.69) is 36.0 Å². The zero-order chi connectivity index (χ0) is 26.2. The number of phenols is 1. The van der Waals surface area contributed by atoms with Crippen molar-refractivity contribution in [1.82, 2.24) is 30.4 Å². The Hall–Kier alpha value is -4.29. The van der Waals surface area contributed by atoms with Crippen molar-refractivity contribution in [2.75, 3.05) is 0 Å². The number of aromatic hydroxyl groups is 1. The minimum atomic E-state index is -4.55. The number of rotatable bonds is 5. The van der Waals surface area contributed by atoms with Crippen LogP contribution in [0.4, 0.5) is 24.5 Å². The summed E-state index contributed by atoms with van der Waals surface area (Å²) in [6.45, 7) is 1.57. The lowest BCUT2D eigenvalue weighted by Gasteiger charge is -2.28. The maximum atomic E-state index is 13.1. The summed E-state index contributed by atoms with van der Waals surface area (Å²) in [5.74, 6) is 0.801. The maximum Gasteiger partial charge on any atom is 0.416 e. The summed E-state index contributed by atoms with van der Waals surface area (Å²) >= 11 is 0. The number of aryl methyl sites for hydroxylation is 1. The lowest BCUT2D eigenvalue weighted by atomic mass is 9.77. The highest BCUT2D eigenvalue weighted by Crippen LogP contribution is 2.45. The van der Waals surface area contributed by atoms with E-state index in [-0.39, 0.29) is 34.6 Å². The first kappa shape index (κ1) is 24.4. The largest absolute Gasteiger partial charge is 0.505 e. The van der Waals surface area contributed by atoms with E-state index >= 15 is 0 Å². The van der Waals surface area contributed by atoms with E-state index in [4.69, 9.17) is 0 Å². The normalized spacial score (nSPS) is 18.5. The number of alkyl halides is 3. The molecule has 2 unspecified atom stereocenters. The van der Waals surface area contributed by atoms with Crippen LogP contribution in [-0.4, -0.2) is 35.5 Å². The number of hydrogen-bond donors (Lipinski definition) is 3. The highest BCUT2D eigenvalue weighted by atomic mass is 19.4. The summed E-state index contributed by atoms with van der Waals surface area (Å²) < 4.78 is 40.3. The predicted molar refractivity (Wildman–Crippen MR) is 127 cm³/mol. The monoisotopic (exact) mass is 512 g/mol. The topological polar surface area (TPSA) is 137 Å². The van der Waals surface area contributed by atoms with Gasteiger partial charge in [0.25, 0.3) is 5.56 Å². The van der Waals surface area contributed by atoms with Crippen LogP contribution in [0.2, 0.25) is 0 Å². The van der Waals surface area contributed by atoms with Crippen molar-refractivity contribution in [3.8, 4) is 11.4 Å². The lowest BCUT2D eigenvalue weighted by Crippen LogP contribution is -2.15. The number of aromatic amines is 2. The number of hydrogen-bond acceptors (Lipinski definition) is 7. The Morgan fingerprint density at radius 2 is 1.89 bits per heavy atom. The number of benzene rings is 2. The molecular weight excluding hydrogens is 489 g/mol. The molecule has 2 atom stereocenters. The van der Waals surface area contributed by atoms with Gasteiger partial charge in [-0.05, 0) is 61.9 Å². The van der Waals surface area contributed by atoms with Crippen molar-refractivity contribution >= 4 is 11.4 Å². The van der Waals surface area contributed by atoms with Crippen LogP contribution < -0.4 is 5.56 Å². The van der Waals surface area contributed by atoms with Crippen molar-refractivity contribution < 1.29 is 18.3 Å². The third-order valence-corrected chi connectivity index (χ3v) is 6.62. The second-order valence-electron chi connectivity index (χ2n) is 9.02. The van der Waals surface area contributed by atoms with Gasteiger partial charge in [0.15, 0.2) is 11.5 Å². The molecule has 1 fully saturated rings. The molecule has 1 aliphatic carbocycles. The Kier molecular flexibility index (Phi) is 6.36. The number of para-hydroxylation sites is 1. The molecule has 10 nitrogen and oxygen atoms in total. The molecule has 5 rings (SSSR count). The van der Waals surface area contributed by atoms with Crippen molar-refractivity contribution in [1.29, 1.82) is 0 Å². The Labute approximate surface area is 208 Å². The third kappa shape index (κ3) is 4.88. The van der Waals surface area contributed by atoms with Gasteiger partial charge in [-0.25, -0.2) is 4.68 Å². The summed E-state index contributed by atoms with van der Waals surface area (Å²) in [6, 6.07) is 9.58. The molecule has 0 bridgehead atoms. The molecule has 13 heteroatoms. The van der Waals surface area contributed by atoms with Crippen molar-refractivity contribution in [2.45, 2.75) is 50.6 Å². The van der Waals surface area contributed by atoms with Crippen molar-refractivity contribution in [3.63, 3.8) is 0 Å². The van der Waals surface area contributed by atoms with Crippen molar-refractivity contribution in [3.05, 3.63) is 75.5 Å². The average Bonchev–Trinajstić information content (AvgIpc) is 3.52. The first-order valence-electron chi connectivity index (χ1n) is 11.7. The van der Waals surface area contributed by atoms with Crippen LogP contribution in [0.15, 0.2) is 57.5 Å². The Bertz CT molecular complexity index is 1490. The van der Waals surface area contributed by atoms with E-state index in [1.54, 1.807) is 19.1 Å². The molecule has 0 saturated heterocycles. The number of aromatic nitrogens is 6. The van der Waals surface area contributed by atoms with Crippen LogP contribution in [0, 0.1) is 6.92 Å². The molecule has 3 N–H and O–H groups in total. The first-order valence-corrected chi connectivity index (χ1v) is 11.7. The average molecular weight is 512 g/mol. The Morgan fingerprint density at radius 1 is 1.11 bits per heavy atom. The smallest absolute Gasteiger partial charge is 0.416 e. The van der Waals surface area contributed by atoms with Gasteiger partial charge in [0, 0.05) is 5.92 Å². The van der Waals surface area contributed by atoms with Crippen LogP contribution in [0.3, 0.4) is 0 Å². The quantitative estimate of drug-likeness (QED) is 0.300. The molecule has 192 valence electrons. The molecular formula is C24H23F3N8O2. The van der Waals surface area contributed by atoms with Crippen LogP contribution in [0.5, 0.6) is 5.75 Å². The molecule has 1 saturated carbocycles. The minimum absolute atomic E-state index is 0.0164. The van der Waals surface area contributed by atoms with Crippen LogP contribution >= 0.6 is 0 Å². The second kappa shape index (κ2) is 9.64. The molecule has 0 spiro atoms. The number of H-pyrrole nitrogens is 2. The zero-order valence-corrected chi connectivity index (χ0v) is 19.7. The lowest BCUT2D eigenvalue weighted by molar-refractivity contribution is -0.137. The SMILES string of the molecule is Cc1[nH]n(-c2cccc(C(F)(F)F)c2)c(=O)c1N=Nc1cccc(C2CCCC(c3nn[nH]n3)C2)c1O. The highest BCUT2D eigenvalue weighted by molar-refractivity contribution is 5.56. The van der Waals surface area contributed by atoms with Gasteiger partial charge >= 0.3 is 6.18 Å². The van der Waals surface area contributed by atoms with Gasteiger partial charge in [0.05, 0.1) is 16.9 Å². The number of halogens is 3. The zero-order valence-electron chi connectivity index (χ0n) is 19.7. The third-order valence-electron chi connectivity index (χ3n) is 6.62. The van der Waals surface area contributed by atoms with E-state index in [0.717, 1.165) is 48.1 Å². The number of nitrogens with one attached hydrogen (secondary N) is 2. The fraction of sp³-hybridized carbons (Fsp3) is 0.333. The number of azo groups is 1. The van der Waals surface area contributed by atoms with Crippen LogP contribution in [0.1, 0.15) is 60.2 Å². The molecule has 1 aliphatic rings. The summed E-state index contributed by atoms with van der Waals surface area (Å²) in [7, 11) is 0. The van der Waals surface area contributed by atoms with Gasteiger partial charge < -0.3 is 5.11 Å². The van der Waals surface area contributed by atoms with Crippen molar-refractivity contribution in [2.24, 2.45) is 10.2 Å². The van der Waals surface area contributed by atoms with Gasteiger partial charge in [0.2, 0.25) is 0 Å². The van der Waals surface area contributed by atoms with Gasteiger partial charge in [-0.15, -0.1) is 20.4 Å². The maximum absolute atomic E-state index is 13.1. The minimum Gasteiger partial charge on any atom is -0.505 e. The summed E-state index contributed by atoms with van der Waals surface area (Å²) in [5, 5.41) is 36.2. The number of nitrogens with zero attached hydrogens (tertiary/aromatic N) is 6. The molecule has 0 amide bonds. The Balaban J connectivity index is 1.41. The van der Waals surface area contributed by atoms with Gasteiger partial charge in [-0.1, -0.05) is 29.8 Å². The predicted octanol–water partition coefficient (Wildman–Crippen LogP) is 5.57. The summed E-state index contributed by atoms with van der Waals surface area (Å²) in [4.78, 5) is 12.9. The molecule has 2 heterocycles. The molecule has 0 aliphatic heterocycles. The van der Waals surface area contributed by atoms with E-state index in [1.807, 2.05) is 6.07 Å². The summed E-state index contributed by atoms with van der Waals surface area (Å²) in [5.41, 5.74) is -0.372. The van der Waals surface area contributed by atoms with Gasteiger partial charge in [0.1, 0.15) is 11.4 Å². The van der Waals surface area contributed by atoms with Gasteiger partial charge in [-0.3, -0.25) is 9.89 Å². The number of tetrazole rings is 1. The molecule has 2 aromatic heterocycles. The van der Waals surface area contributed by atoms with Gasteiger partial charge in [-0.2, -0.15) is 18.4 Å². The van der Waals surface area contributed by atoms with E-state index in [0.29, 0.717) is 11.5 Å². The molecule has 0 radical (unpaired) electrons. The fourth-order valence-corrected chi connectivity index (χ4v) is 4.77. The fourth-order valence-electron chi connectivity index (χ4n) is 4.77. The van der Waals surface area contributed by atoms with E-state index in [1.165, 1.54) is 12.1 Å². The molecule has 4 aromatic rings.